The number of rotatable bonds is 5. The Hall–Kier alpha value is -2.08. The number of benzene rings is 2. The lowest BCUT2D eigenvalue weighted by atomic mass is 10.2. The van der Waals surface area contributed by atoms with Crippen LogP contribution in [0.25, 0.3) is 10.1 Å². The molecule has 0 aliphatic rings. The second-order valence-corrected chi connectivity index (χ2v) is 7.19. The van der Waals surface area contributed by atoms with Crippen molar-refractivity contribution in [3.05, 3.63) is 69.0 Å². The number of hydrogen-bond acceptors (Lipinski definition) is 3. The minimum Gasteiger partial charge on any atom is -0.350 e. The summed E-state index contributed by atoms with van der Waals surface area (Å²) in [6, 6.07) is 14.7. The number of halogens is 2. The summed E-state index contributed by atoms with van der Waals surface area (Å²) in [5, 5.41) is 7.24. The van der Waals surface area contributed by atoms with Crippen molar-refractivity contribution in [3.63, 3.8) is 0 Å². The van der Waals surface area contributed by atoms with Gasteiger partial charge in [0.1, 0.15) is 4.88 Å². The summed E-state index contributed by atoms with van der Waals surface area (Å²) in [4.78, 5) is 24.6. The first-order chi connectivity index (χ1) is 12.0. The molecule has 1 aromatic heterocycles. The van der Waals surface area contributed by atoms with Gasteiger partial charge >= 0.3 is 0 Å². The van der Waals surface area contributed by atoms with Gasteiger partial charge in [0, 0.05) is 21.7 Å². The Morgan fingerprint density at radius 1 is 0.960 bits per heavy atom. The molecule has 0 radical (unpaired) electrons. The van der Waals surface area contributed by atoms with Crippen molar-refractivity contribution in [1.29, 1.82) is 0 Å². The number of carbonyl (C=O) groups excluding carboxylic acids is 2. The van der Waals surface area contributed by atoms with Gasteiger partial charge in [-0.3, -0.25) is 9.59 Å². The summed E-state index contributed by atoms with van der Waals surface area (Å²) in [5.74, 6) is -0.631. The van der Waals surface area contributed by atoms with E-state index in [1.54, 1.807) is 12.1 Å². The minimum absolute atomic E-state index is 0.114. The maximum absolute atomic E-state index is 12.3. The first kappa shape index (κ1) is 17.7. The fourth-order valence-corrected chi connectivity index (χ4v) is 3.83. The second-order valence-electron chi connectivity index (χ2n) is 5.33. The van der Waals surface area contributed by atoms with Gasteiger partial charge in [-0.25, -0.2) is 0 Å². The van der Waals surface area contributed by atoms with Crippen molar-refractivity contribution < 1.29 is 9.59 Å². The third-order valence-electron chi connectivity index (χ3n) is 3.55. The predicted octanol–water partition coefficient (Wildman–Crippen LogP) is 4.25. The zero-order chi connectivity index (χ0) is 17.8. The fraction of sp³-hybridized carbons (Fsp3) is 0.111. The Morgan fingerprint density at radius 3 is 2.40 bits per heavy atom. The van der Waals surface area contributed by atoms with Crippen LogP contribution in [0.15, 0.2) is 48.5 Å². The Bertz CT molecular complexity index is 922. The standard InChI is InChI=1S/C18H14Cl2N2O2S/c19-12-7-5-11(6-8-12)9-21-15(23)10-22-18(24)17-16(20)13-3-1-2-4-14(13)25-17/h1-8H,9-10H2,(H,21,23)(H,22,24). The SMILES string of the molecule is O=C(CNC(=O)c1sc2ccccc2c1Cl)NCc1ccc(Cl)cc1. The Labute approximate surface area is 158 Å². The van der Waals surface area contributed by atoms with E-state index in [1.807, 2.05) is 36.4 Å². The van der Waals surface area contributed by atoms with E-state index >= 15 is 0 Å². The normalized spacial score (nSPS) is 10.6. The largest absolute Gasteiger partial charge is 0.350 e. The van der Waals surface area contributed by atoms with Gasteiger partial charge in [-0.05, 0) is 23.8 Å². The zero-order valence-electron chi connectivity index (χ0n) is 13.0. The molecule has 0 spiro atoms. The Balaban J connectivity index is 1.55. The molecule has 25 heavy (non-hydrogen) atoms. The van der Waals surface area contributed by atoms with Gasteiger partial charge < -0.3 is 10.6 Å². The predicted molar refractivity (Wildman–Crippen MR) is 102 cm³/mol. The molecule has 0 aliphatic carbocycles. The van der Waals surface area contributed by atoms with Gasteiger partial charge in [-0.1, -0.05) is 53.5 Å². The smallest absolute Gasteiger partial charge is 0.263 e. The molecule has 0 atom stereocenters. The zero-order valence-corrected chi connectivity index (χ0v) is 15.3. The van der Waals surface area contributed by atoms with Crippen LogP contribution in [0, 0.1) is 0 Å². The van der Waals surface area contributed by atoms with Crippen LogP contribution in [0.2, 0.25) is 10.0 Å². The second kappa shape index (κ2) is 7.87. The highest BCUT2D eigenvalue weighted by Gasteiger charge is 2.17. The van der Waals surface area contributed by atoms with Crippen molar-refractivity contribution in [3.8, 4) is 0 Å². The topological polar surface area (TPSA) is 58.2 Å². The summed E-state index contributed by atoms with van der Waals surface area (Å²) in [6.45, 7) is 0.256. The van der Waals surface area contributed by atoms with E-state index < -0.39 is 0 Å². The van der Waals surface area contributed by atoms with Gasteiger partial charge in [-0.15, -0.1) is 11.3 Å². The van der Waals surface area contributed by atoms with Crippen LogP contribution in [0.1, 0.15) is 15.2 Å². The molecule has 1 heterocycles. The highest BCUT2D eigenvalue weighted by atomic mass is 35.5. The third-order valence-corrected chi connectivity index (χ3v) is 5.48. The Morgan fingerprint density at radius 2 is 1.68 bits per heavy atom. The lowest BCUT2D eigenvalue weighted by molar-refractivity contribution is -0.120. The van der Waals surface area contributed by atoms with Gasteiger partial charge in [0.05, 0.1) is 11.6 Å². The molecule has 128 valence electrons. The summed E-state index contributed by atoms with van der Waals surface area (Å²) in [7, 11) is 0. The van der Waals surface area contributed by atoms with Crippen LogP contribution in [0.3, 0.4) is 0 Å². The van der Waals surface area contributed by atoms with E-state index in [9.17, 15) is 9.59 Å². The molecule has 7 heteroatoms. The van der Waals surface area contributed by atoms with Crippen LogP contribution in [-0.4, -0.2) is 18.4 Å². The number of hydrogen-bond donors (Lipinski definition) is 2. The maximum atomic E-state index is 12.3. The quantitative estimate of drug-likeness (QED) is 0.681. The minimum atomic E-state index is -0.354. The molecule has 2 N–H and O–H groups in total. The van der Waals surface area contributed by atoms with Crippen molar-refractivity contribution >= 4 is 56.4 Å². The fourth-order valence-electron chi connectivity index (χ4n) is 2.27. The van der Waals surface area contributed by atoms with Gasteiger partial charge in [-0.2, -0.15) is 0 Å². The third kappa shape index (κ3) is 4.31. The van der Waals surface area contributed by atoms with Crippen LogP contribution >= 0.6 is 34.5 Å². The number of fused-ring (bicyclic) bond motifs is 1. The molecule has 2 amide bonds. The monoisotopic (exact) mass is 392 g/mol. The highest BCUT2D eigenvalue weighted by Crippen LogP contribution is 2.34. The first-order valence-corrected chi connectivity index (χ1v) is 9.08. The van der Waals surface area contributed by atoms with E-state index in [1.165, 1.54) is 11.3 Å². The molecule has 3 aromatic rings. The molecule has 3 rings (SSSR count). The number of carbonyl (C=O) groups is 2. The van der Waals surface area contributed by atoms with Crippen LogP contribution in [-0.2, 0) is 11.3 Å². The molecular formula is C18H14Cl2N2O2S. The Kier molecular flexibility index (Phi) is 5.58. The van der Waals surface area contributed by atoms with Crippen molar-refractivity contribution in [2.24, 2.45) is 0 Å². The summed E-state index contributed by atoms with van der Waals surface area (Å²) in [5.41, 5.74) is 0.927. The van der Waals surface area contributed by atoms with Gasteiger partial charge in [0.15, 0.2) is 0 Å². The summed E-state index contributed by atoms with van der Waals surface area (Å²) < 4.78 is 0.935. The van der Waals surface area contributed by atoms with Gasteiger partial charge in [0.2, 0.25) is 5.91 Å². The molecular weight excluding hydrogens is 379 g/mol. The average molecular weight is 393 g/mol. The molecule has 0 unspecified atom stereocenters. The number of thiophene rings is 1. The molecule has 2 aromatic carbocycles. The van der Waals surface area contributed by atoms with Gasteiger partial charge in [0.25, 0.3) is 5.91 Å². The molecule has 4 nitrogen and oxygen atoms in total. The van der Waals surface area contributed by atoms with Crippen molar-refractivity contribution in [1.82, 2.24) is 10.6 Å². The van der Waals surface area contributed by atoms with E-state index in [2.05, 4.69) is 10.6 Å². The molecule has 0 saturated carbocycles. The number of nitrogens with one attached hydrogen (secondary N) is 2. The van der Waals surface area contributed by atoms with E-state index in [0.29, 0.717) is 21.5 Å². The number of amides is 2. The van der Waals surface area contributed by atoms with E-state index in [-0.39, 0.29) is 18.4 Å². The van der Waals surface area contributed by atoms with Crippen LogP contribution < -0.4 is 10.6 Å². The average Bonchev–Trinajstić information content (AvgIpc) is 2.96. The van der Waals surface area contributed by atoms with Crippen molar-refractivity contribution in [2.75, 3.05) is 6.54 Å². The maximum Gasteiger partial charge on any atom is 0.263 e. The highest BCUT2D eigenvalue weighted by molar-refractivity contribution is 7.21. The molecule has 0 bridgehead atoms. The van der Waals surface area contributed by atoms with Crippen molar-refractivity contribution in [2.45, 2.75) is 6.54 Å². The molecule has 0 aliphatic heterocycles. The molecule has 0 fully saturated rings. The summed E-state index contributed by atoms with van der Waals surface area (Å²) >= 11 is 13.4. The lowest BCUT2D eigenvalue weighted by Gasteiger charge is -2.07. The first-order valence-electron chi connectivity index (χ1n) is 7.51. The lowest BCUT2D eigenvalue weighted by Crippen LogP contribution is -2.36. The van der Waals surface area contributed by atoms with E-state index in [0.717, 1.165) is 15.6 Å². The summed E-state index contributed by atoms with van der Waals surface area (Å²) in [6.07, 6.45) is 0. The van der Waals surface area contributed by atoms with E-state index in [4.69, 9.17) is 23.2 Å². The van der Waals surface area contributed by atoms with Crippen LogP contribution in [0.5, 0.6) is 0 Å². The molecule has 0 saturated heterocycles. The van der Waals surface area contributed by atoms with Crippen LogP contribution in [0.4, 0.5) is 0 Å².